The molecule has 0 unspecified atom stereocenters. The van der Waals surface area contributed by atoms with Gasteiger partial charge in [0.2, 0.25) is 0 Å². The highest BCUT2D eigenvalue weighted by molar-refractivity contribution is 5.95. The van der Waals surface area contributed by atoms with Crippen LogP contribution in [0.4, 0.5) is 0 Å². The van der Waals surface area contributed by atoms with Crippen molar-refractivity contribution in [1.82, 2.24) is 9.80 Å². The van der Waals surface area contributed by atoms with E-state index in [1.54, 1.807) is 7.11 Å². The van der Waals surface area contributed by atoms with Crippen molar-refractivity contribution in [2.75, 3.05) is 39.8 Å². The molecule has 1 fully saturated rings. The largest absolute Gasteiger partial charge is 0.497 e. The second kappa shape index (κ2) is 8.37. The molecule has 138 valence electrons. The summed E-state index contributed by atoms with van der Waals surface area (Å²) >= 11 is 0. The van der Waals surface area contributed by atoms with Crippen LogP contribution < -0.4 is 4.74 Å². The number of aryl methyl sites for hydroxylation is 2. The number of carbonyl (C=O) groups is 1. The molecule has 2 aromatic rings. The molecule has 0 N–H and O–H groups in total. The summed E-state index contributed by atoms with van der Waals surface area (Å²) in [6.45, 7) is 8.55. The maximum atomic E-state index is 12.8. The molecule has 0 aromatic heterocycles. The number of rotatable bonds is 5. The summed E-state index contributed by atoms with van der Waals surface area (Å²) in [6, 6.07) is 14.4. The Balaban J connectivity index is 1.50. The van der Waals surface area contributed by atoms with E-state index in [-0.39, 0.29) is 5.91 Å². The molecule has 0 bridgehead atoms. The van der Waals surface area contributed by atoms with E-state index in [0.717, 1.165) is 61.6 Å². The third-order valence-electron chi connectivity index (χ3n) is 5.16. The summed E-state index contributed by atoms with van der Waals surface area (Å²) in [7, 11) is 1.69. The fourth-order valence-electron chi connectivity index (χ4n) is 3.39. The lowest BCUT2D eigenvalue weighted by atomic mass is 10.0. The normalized spacial score (nSPS) is 15.1. The van der Waals surface area contributed by atoms with E-state index < -0.39 is 0 Å². The lowest BCUT2D eigenvalue weighted by Gasteiger charge is -2.35. The van der Waals surface area contributed by atoms with Gasteiger partial charge in [-0.25, -0.2) is 0 Å². The van der Waals surface area contributed by atoms with E-state index in [0.29, 0.717) is 0 Å². The highest BCUT2D eigenvalue weighted by atomic mass is 16.5. The van der Waals surface area contributed by atoms with E-state index in [9.17, 15) is 4.79 Å². The van der Waals surface area contributed by atoms with E-state index in [1.165, 1.54) is 5.56 Å². The van der Waals surface area contributed by atoms with Crippen molar-refractivity contribution in [3.63, 3.8) is 0 Å². The van der Waals surface area contributed by atoms with E-state index in [1.807, 2.05) is 43.0 Å². The van der Waals surface area contributed by atoms with Crippen LogP contribution in [-0.4, -0.2) is 55.5 Å². The smallest absolute Gasteiger partial charge is 0.254 e. The SMILES string of the molecule is COc1ccc(CCN2CCN(C(=O)c3cc(C)ccc3C)CC2)cc1. The number of carbonyl (C=O) groups excluding carboxylic acids is 1. The Hall–Kier alpha value is -2.33. The van der Waals surface area contributed by atoms with E-state index in [2.05, 4.69) is 23.1 Å². The first kappa shape index (κ1) is 18.5. The maximum Gasteiger partial charge on any atom is 0.254 e. The van der Waals surface area contributed by atoms with Crippen LogP contribution in [-0.2, 0) is 6.42 Å². The number of nitrogens with zero attached hydrogens (tertiary/aromatic N) is 2. The minimum absolute atomic E-state index is 0.168. The van der Waals surface area contributed by atoms with Gasteiger partial charge in [0, 0.05) is 38.3 Å². The average Bonchev–Trinajstić information content (AvgIpc) is 2.68. The van der Waals surface area contributed by atoms with Gasteiger partial charge in [-0.05, 0) is 49.6 Å². The van der Waals surface area contributed by atoms with Gasteiger partial charge >= 0.3 is 0 Å². The topological polar surface area (TPSA) is 32.8 Å². The Kier molecular flexibility index (Phi) is 5.94. The number of amides is 1. The monoisotopic (exact) mass is 352 g/mol. The molecule has 0 aliphatic carbocycles. The molecular formula is C22H28N2O2. The Morgan fingerprint density at radius 2 is 1.69 bits per heavy atom. The summed E-state index contributed by atoms with van der Waals surface area (Å²) < 4.78 is 5.20. The Labute approximate surface area is 156 Å². The van der Waals surface area contributed by atoms with Crippen LogP contribution in [0.1, 0.15) is 27.0 Å². The first-order valence-electron chi connectivity index (χ1n) is 9.28. The zero-order chi connectivity index (χ0) is 18.5. The minimum atomic E-state index is 0.168. The number of methoxy groups -OCH3 is 1. The van der Waals surface area contributed by atoms with Crippen LogP contribution in [0.5, 0.6) is 5.75 Å². The van der Waals surface area contributed by atoms with Crippen molar-refractivity contribution in [1.29, 1.82) is 0 Å². The fraction of sp³-hybridized carbons (Fsp3) is 0.409. The quantitative estimate of drug-likeness (QED) is 0.828. The second-order valence-corrected chi connectivity index (χ2v) is 7.05. The molecule has 1 amide bonds. The van der Waals surface area contributed by atoms with Crippen molar-refractivity contribution >= 4 is 5.91 Å². The summed E-state index contributed by atoms with van der Waals surface area (Å²) in [5, 5.41) is 0. The third-order valence-corrected chi connectivity index (χ3v) is 5.16. The van der Waals surface area contributed by atoms with E-state index in [4.69, 9.17) is 4.74 Å². The van der Waals surface area contributed by atoms with Crippen LogP contribution in [0, 0.1) is 13.8 Å². The Morgan fingerprint density at radius 3 is 2.35 bits per heavy atom. The predicted molar refractivity (Wildman–Crippen MR) is 105 cm³/mol. The molecule has 26 heavy (non-hydrogen) atoms. The number of hydrogen-bond acceptors (Lipinski definition) is 3. The highest BCUT2D eigenvalue weighted by Crippen LogP contribution is 2.16. The highest BCUT2D eigenvalue weighted by Gasteiger charge is 2.23. The molecule has 0 spiro atoms. The van der Waals surface area contributed by atoms with Crippen molar-refractivity contribution in [2.24, 2.45) is 0 Å². The molecule has 0 radical (unpaired) electrons. The van der Waals surface area contributed by atoms with Crippen LogP contribution in [0.2, 0.25) is 0 Å². The lowest BCUT2D eigenvalue weighted by molar-refractivity contribution is 0.0637. The van der Waals surface area contributed by atoms with Crippen molar-refractivity contribution in [3.05, 3.63) is 64.7 Å². The summed E-state index contributed by atoms with van der Waals surface area (Å²) in [6.07, 6.45) is 1.02. The number of piperazine rings is 1. The fourth-order valence-corrected chi connectivity index (χ4v) is 3.39. The zero-order valence-corrected chi connectivity index (χ0v) is 16.0. The predicted octanol–water partition coefficient (Wildman–Crippen LogP) is 3.31. The maximum absolute atomic E-state index is 12.8. The van der Waals surface area contributed by atoms with Gasteiger partial charge in [-0.1, -0.05) is 29.8 Å². The van der Waals surface area contributed by atoms with Gasteiger partial charge in [-0.2, -0.15) is 0 Å². The molecule has 1 aliphatic rings. The van der Waals surface area contributed by atoms with Crippen LogP contribution >= 0.6 is 0 Å². The molecule has 1 heterocycles. The van der Waals surface area contributed by atoms with Crippen molar-refractivity contribution in [3.8, 4) is 5.75 Å². The van der Waals surface area contributed by atoms with Gasteiger partial charge in [0.1, 0.15) is 5.75 Å². The summed E-state index contributed by atoms with van der Waals surface area (Å²) in [4.78, 5) is 17.2. The van der Waals surface area contributed by atoms with Crippen LogP contribution in [0.3, 0.4) is 0 Å². The molecule has 3 rings (SSSR count). The van der Waals surface area contributed by atoms with Crippen molar-refractivity contribution in [2.45, 2.75) is 20.3 Å². The molecule has 0 saturated carbocycles. The third kappa shape index (κ3) is 4.44. The molecule has 1 saturated heterocycles. The van der Waals surface area contributed by atoms with Crippen LogP contribution in [0.25, 0.3) is 0 Å². The van der Waals surface area contributed by atoms with E-state index >= 15 is 0 Å². The average molecular weight is 352 g/mol. The lowest BCUT2D eigenvalue weighted by Crippen LogP contribution is -2.49. The van der Waals surface area contributed by atoms with Gasteiger partial charge in [0.05, 0.1) is 7.11 Å². The van der Waals surface area contributed by atoms with Gasteiger partial charge < -0.3 is 9.64 Å². The molecule has 4 heteroatoms. The second-order valence-electron chi connectivity index (χ2n) is 7.05. The first-order chi connectivity index (χ1) is 12.6. The zero-order valence-electron chi connectivity index (χ0n) is 16.0. The molecule has 4 nitrogen and oxygen atoms in total. The molecule has 0 atom stereocenters. The van der Waals surface area contributed by atoms with Gasteiger partial charge in [0.15, 0.2) is 0 Å². The Morgan fingerprint density at radius 1 is 1.00 bits per heavy atom. The first-order valence-corrected chi connectivity index (χ1v) is 9.28. The standard InChI is InChI=1S/C22H28N2O2/c1-17-4-5-18(2)21(16-17)22(25)24-14-12-23(13-15-24)11-10-19-6-8-20(26-3)9-7-19/h4-9,16H,10-15H2,1-3H3. The summed E-state index contributed by atoms with van der Waals surface area (Å²) in [5.41, 5.74) is 4.36. The van der Waals surface area contributed by atoms with Gasteiger partial charge in [0.25, 0.3) is 5.91 Å². The Bertz CT molecular complexity index is 747. The molecule has 2 aromatic carbocycles. The number of ether oxygens (including phenoxy) is 1. The van der Waals surface area contributed by atoms with Gasteiger partial charge in [-0.3, -0.25) is 9.69 Å². The minimum Gasteiger partial charge on any atom is -0.497 e. The number of benzene rings is 2. The number of hydrogen-bond donors (Lipinski definition) is 0. The molecular weight excluding hydrogens is 324 g/mol. The van der Waals surface area contributed by atoms with Crippen LogP contribution in [0.15, 0.2) is 42.5 Å². The molecule has 1 aliphatic heterocycles. The van der Waals surface area contributed by atoms with Crippen molar-refractivity contribution < 1.29 is 9.53 Å². The van der Waals surface area contributed by atoms with Gasteiger partial charge in [-0.15, -0.1) is 0 Å². The summed E-state index contributed by atoms with van der Waals surface area (Å²) in [5.74, 6) is 1.06.